The van der Waals surface area contributed by atoms with Gasteiger partial charge in [0.25, 0.3) is 0 Å². The number of ether oxygens (including phenoxy) is 2. The minimum atomic E-state index is -0.128. The topological polar surface area (TPSA) is 68.8 Å². The second kappa shape index (κ2) is 9.85. The maximum Gasteiger partial charge on any atom is 0.236 e. The largest absolute Gasteiger partial charge is 0.383 e. The van der Waals surface area contributed by atoms with Crippen LogP contribution in [0.25, 0.3) is 0 Å². The standard InChI is InChI=1S/C9H20N2O4/c1-8(7-14-3)11-9(12)6-10-15-5-4-13-2/h8,10H,4-7H2,1-3H3,(H,11,12). The summed E-state index contributed by atoms with van der Waals surface area (Å²) in [6.07, 6.45) is 0. The molecule has 0 aliphatic rings. The summed E-state index contributed by atoms with van der Waals surface area (Å²) in [7, 11) is 3.18. The van der Waals surface area contributed by atoms with Crippen LogP contribution in [-0.4, -0.2) is 52.5 Å². The number of carbonyl (C=O) groups excluding carboxylic acids is 1. The number of amides is 1. The van der Waals surface area contributed by atoms with Gasteiger partial charge in [-0.2, -0.15) is 5.48 Å². The molecular weight excluding hydrogens is 200 g/mol. The average Bonchev–Trinajstić information content (AvgIpc) is 2.17. The van der Waals surface area contributed by atoms with E-state index in [1.807, 2.05) is 6.92 Å². The summed E-state index contributed by atoms with van der Waals surface area (Å²) in [5.74, 6) is -0.128. The van der Waals surface area contributed by atoms with Gasteiger partial charge in [0, 0.05) is 20.3 Å². The van der Waals surface area contributed by atoms with Crippen molar-refractivity contribution in [3.05, 3.63) is 0 Å². The molecule has 0 aromatic rings. The quantitative estimate of drug-likeness (QED) is 0.397. The van der Waals surface area contributed by atoms with E-state index >= 15 is 0 Å². The Morgan fingerprint density at radius 2 is 2.00 bits per heavy atom. The van der Waals surface area contributed by atoms with Crippen LogP contribution < -0.4 is 10.8 Å². The molecule has 0 fully saturated rings. The highest BCUT2D eigenvalue weighted by molar-refractivity contribution is 5.78. The first-order valence-electron chi connectivity index (χ1n) is 4.82. The molecule has 0 bridgehead atoms. The molecule has 0 aromatic heterocycles. The minimum Gasteiger partial charge on any atom is -0.383 e. The summed E-state index contributed by atoms with van der Waals surface area (Å²) in [6.45, 7) is 3.40. The van der Waals surface area contributed by atoms with E-state index in [9.17, 15) is 4.79 Å². The Kier molecular flexibility index (Phi) is 9.40. The van der Waals surface area contributed by atoms with Gasteiger partial charge in [0.15, 0.2) is 0 Å². The van der Waals surface area contributed by atoms with E-state index in [0.717, 1.165) is 0 Å². The average molecular weight is 220 g/mol. The molecule has 1 amide bonds. The molecule has 1 unspecified atom stereocenters. The third kappa shape index (κ3) is 9.61. The molecule has 0 radical (unpaired) electrons. The molecule has 0 heterocycles. The molecule has 1 atom stereocenters. The zero-order valence-electron chi connectivity index (χ0n) is 9.54. The van der Waals surface area contributed by atoms with Crippen molar-refractivity contribution >= 4 is 5.91 Å². The monoisotopic (exact) mass is 220 g/mol. The summed E-state index contributed by atoms with van der Waals surface area (Å²) in [5.41, 5.74) is 2.53. The molecule has 0 aromatic carbocycles. The van der Waals surface area contributed by atoms with Crippen LogP contribution in [0.3, 0.4) is 0 Å². The number of hydrogen-bond acceptors (Lipinski definition) is 5. The summed E-state index contributed by atoms with van der Waals surface area (Å²) < 4.78 is 9.64. The molecule has 90 valence electrons. The van der Waals surface area contributed by atoms with E-state index in [1.54, 1.807) is 14.2 Å². The van der Waals surface area contributed by atoms with Crippen molar-refractivity contribution < 1.29 is 19.1 Å². The van der Waals surface area contributed by atoms with Gasteiger partial charge in [-0.15, -0.1) is 0 Å². The maximum atomic E-state index is 11.2. The van der Waals surface area contributed by atoms with Crippen LogP contribution in [0.4, 0.5) is 0 Å². The SMILES string of the molecule is COCCONCC(=O)NC(C)COC. The van der Waals surface area contributed by atoms with Crippen LogP contribution in [0.2, 0.25) is 0 Å². The van der Waals surface area contributed by atoms with Gasteiger partial charge < -0.3 is 14.8 Å². The van der Waals surface area contributed by atoms with Crippen LogP contribution in [0.1, 0.15) is 6.92 Å². The highest BCUT2D eigenvalue weighted by Crippen LogP contribution is 1.81. The van der Waals surface area contributed by atoms with Gasteiger partial charge in [-0.1, -0.05) is 0 Å². The molecule has 0 aliphatic carbocycles. The Hall–Kier alpha value is -0.690. The van der Waals surface area contributed by atoms with E-state index < -0.39 is 0 Å². The van der Waals surface area contributed by atoms with Gasteiger partial charge in [0.05, 0.1) is 26.4 Å². The summed E-state index contributed by atoms with van der Waals surface area (Å²) in [6, 6.07) is 0.00303. The van der Waals surface area contributed by atoms with E-state index in [2.05, 4.69) is 10.8 Å². The molecule has 0 aliphatic heterocycles. The molecule has 6 heteroatoms. The minimum absolute atomic E-state index is 0.00303. The Balaban J connectivity index is 3.32. The van der Waals surface area contributed by atoms with E-state index in [-0.39, 0.29) is 18.5 Å². The molecule has 2 N–H and O–H groups in total. The van der Waals surface area contributed by atoms with E-state index in [0.29, 0.717) is 19.8 Å². The molecule has 0 saturated carbocycles. The van der Waals surface area contributed by atoms with Crippen LogP contribution in [0.15, 0.2) is 0 Å². The first kappa shape index (κ1) is 14.3. The van der Waals surface area contributed by atoms with Crippen molar-refractivity contribution in [3.63, 3.8) is 0 Å². The van der Waals surface area contributed by atoms with Gasteiger partial charge in [0.1, 0.15) is 0 Å². The number of carbonyl (C=O) groups is 1. The highest BCUT2D eigenvalue weighted by Gasteiger charge is 2.05. The van der Waals surface area contributed by atoms with Gasteiger partial charge in [-0.3, -0.25) is 9.63 Å². The Bertz CT molecular complexity index is 166. The molecule has 15 heavy (non-hydrogen) atoms. The first-order chi connectivity index (χ1) is 7.20. The zero-order chi connectivity index (χ0) is 11.5. The van der Waals surface area contributed by atoms with Crippen LogP contribution >= 0.6 is 0 Å². The summed E-state index contributed by atoms with van der Waals surface area (Å²) >= 11 is 0. The fourth-order valence-electron chi connectivity index (χ4n) is 0.931. The normalized spacial score (nSPS) is 12.5. The fraction of sp³-hybridized carbons (Fsp3) is 0.889. The molecule has 0 spiro atoms. The smallest absolute Gasteiger partial charge is 0.236 e. The number of rotatable bonds is 9. The highest BCUT2D eigenvalue weighted by atomic mass is 16.7. The van der Waals surface area contributed by atoms with Crippen molar-refractivity contribution in [3.8, 4) is 0 Å². The fourth-order valence-corrected chi connectivity index (χ4v) is 0.931. The third-order valence-corrected chi connectivity index (χ3v) is 1.55. The lowest BCUT2D eigenvalue weighted by atomic mass is 10.3. The van der Waals surface area contributed by atoms with E-state index in [1.165, 1.54) is 0 Å². The lowest BCUT2D eigenvalue weighted by Crippen LogP contribution is -2.41. The van der Waals surface area contributed by atoms with Gasteiger partial charge in [0.2, 0.25) is 5.91 Å². The predicted molar refractivity (Wildman–Crippen MR) is 55.3 cm³/mol. The maximum absolute atomic E-state index is 11.2. The Labute approximate surface area is 90.2 Å². The van der Waals surface area contributed by atoms with Gasteiger partial charge >= 0.3 is 0 Å². The van der Waals surface area contributed by atoms with Crippen molar-refractivity contribution in [1.82, 2.24) is 10.8 Å². The van der Waals surface area contributed by atoms with Crippen LogP contribution in [0, 0.1) is 0 Å². The number of methoxy groups -OCH3 is 2. The van der Waals surface area contributed by atoms with Crippen molar-refractivity contribution in [2.75, 3.05) is 40.6 Å². The lowest BCUT2D eigenvalue weighted by molar-refractivity contribution is -0.124. The van der Waals surface area contributed by atoms with Gasteiger partial charge in [-0.05, 0) is 6.92 Å². The number of hydroxylamine groups is 1. The Morgan fingerprint density at radius 1 is 1.27 bits per heavy atom. The predicted octanol–water partition coefficient (Wildman–Crippen LogP) is -0.695. The van der Waals surface area contributed by atoms with E-state index in [4.69, 9.17) is 14.3 Å². The van der Waals surface area contributed by atoms with Crippen molar-refractivity contribution in [1.29, 1.82) is 0 Å². The first-order valence-corrected chi connectivity index (χ1v) is 4.82. The van der Waals surface area contributed by atoms with Gasteiger partial charge in [-0.25, -0.2) is 0 Å². The Morgan fingerprint density at radius 3 is 2.60 bits per heavy atom. The molecular formula is C9H20N2O4. The van der Waals surface area contributed by atoms with Crippen LogP contribution in [-0.2, 0) is 19.1 Å². The van der Waals surface area contributed by atoms with Crippen LogP contribution in [0.5, 0.6) is 0 Å². The number of hydrogen-bond donors (Lipinski definition) is 2. The summed E-state index contributed by atoms with van der Waals surface area (Å²) in [4.78, 5) is 16.1. The second-order valence-corrected chi connectivity index (χ2v) is 3.09. The molecule has 0 saturated heterocycles. The molecule has 0 rings (SSSR count). The molecule has 6 nitrogen and oxygen atoms in total. The van der Waals surface area contributed by atoms with Crippen molar-refractivity contribution in [2.45, 2.75) is 13.0 Å². The summed E-state index contributed by atoms with van der Waals surface area (Å²) in [5, 5.41) is 2.73. The van der Waals surface area contributed by atoms with Crippen molar-refractivity contribution in [2.24, 2.45) is 0 Å². The third-order valence-electron chi connectivity index (χ3n) is 1.55. The zero-order valence-corrected chi connectivity index (χ0v) is 9.54. The number of nitrogens with one attached hydrogen (secondary N) is 2. The second-order valence-electron chi connectivity index (χ2n) is 3.09. The lowest BCUT2D eigenvalue weighted by Gasteiger charge is -2.12.